The lowest BCUT2D eigenvalue weighted by Gasteiger charge is -2.32. The maximum absolute atomic E-state index is 12.2. The van der Waals surface area contributed by atoms with Crippen molar-refractivity contribution >= 4 is 41.7 Å². The Morgan fingerprint density at radius 2 is 1.96 bits per heavy atom. The van der Waals surface area contributed by atoms with Gasteiger partial charge in [0.25, 0.3) is 0 Å². The largest absolute Gasteiger partial charge is 0.343 e. The van der Waals surface area contributed by atoms with Gasteiger partial charge in [-0.25, -0.2) is 0 Å². The van der Waals surface area contributed by atoms with Crippen LogP contribution in [-0.2, 0) is 4.79 Å². The van der Waals surface area contributed by atoms with Crippen molar-refractivity contribution in [3.8, 4) is 0 Å². The molecule has 1 fully saturated rings. The molecule has 1 N–H and O–H groups in total. The van der Waals surface area contributed by atoms with Gasteiger partial charge in [-0.3, -0.25) is 4.79 Å². The predicted octanol–water partition coefficient (Wildman–Crippen LogP) is 4.09. The van der Waals surface area contributed by atoms with E-state index in [0.717, 1.165) is 55.7 Å². The first kappa shape index (κ1) is 20.6. The lowest BCUT2D eigenvalue weighted by Crippen LogP contribution is -2.40. The Morgan fingerprint density at radius 3 is 2.57 bits per heavy atom. The highest BCUT2D eigenvalue weighted by molar-refractivity contribution is 7.99. The maximum atomic E-state index is 12.2. The van der Waals surface area contributed by atoms with Gasteiger partial charge in [0.05, 0.1) is 0 Å². The quantitative estimate of drug-likeness (QED) is 0.727. The summed E-state index contributed by atoms with van der Waals surface area (Å²) in [6.07, 6.45) is 2.87. The Morgan fingerprint density at radius 1 is 1.30 bits per heavy atom. The van der Waals surface area contributed by atoms with Crippen molar-refractivity contribution in [2.45, 2.75) is 31.1 Å². The lowest BCUT2D eigenvalue weighted by atomic mass is 9.96. The summed E-state index contributed by atoms with van der Waals surface area (Å²) < 4.78 is 0. The Labute approximate surface area is 154 Å². The molecule has 0 saturated carbocycles. The molecule has 0 spiro atoms. The number of hydrogen-bond acceptors (Lipinski definition) is 3. The second-order valence-corrected chi connectivity index (χ2v) is 7.29. The van der Waals surface area contributed by atoms with E-state index >= 15 is 0 Å². The molecule has 0 radical (unpaired) electrons. The average Bonchev–Trinajstić information content (AvgIpc) is 2.55. The number of benzene rings is 1. The molecule has 1 aromatic rings. The van der Waals surface area contributed by atoms with E-state index in [4.69, 9.17) is 11.6 Å². The number of halogens is 2. The molecule has 1 saturated heterocycles. The highest BCUT2D eigenvalue weighted by Gasteiger charge is 2.21. The zero-order valence-electron chi connectivity index (χ0n) is 13.6. The number of amides is 1. The number of rotatable bonds is 7. The predicted molar refractivity (Wildman–Crippen MR) is 102 cm³/mol. The van der Waals surface area contributed by atoms with E-state index < -0.39 is 0 Å². The van der Waals surface area contributed by atoms with Crippen LogP contribution in [0.3, 0.4) is 0 Å². The van der Waals surface area contributed by atoms with E-state index in [0.29, 0.717) is 12.3 Å². The Hall–Kier alpha value is -0.420. The Bertz CT molecular complexity index is 462. The zero-order valence-corrected chi connectivity index (χ0v) is 16.0. The summed E-state index contributed by atoms with van der Waals surface area (Å²) >= 11 is 7.58. The van der Waals surface area contributed by atoms with Crippen LogP contribution in [0.2, 0.25) is 5.02 Å². The Balaban J connectivity index is 0.00000264. The summed E-state index contributed by atoms with van der Waals surface area (Å²) in [7, 11) is 0. The van der Waals surface area contributed by atoms with Crippen LogP contribution in [0.5, 0.6) is 0 Å². The molecule has 1 aliphatic heterocycles. The molecule has 0 aliphatic carbocycles. The number of carbonyl (C=O) groups is 1. The van der Waals surface area contributed by atoms with Gasteiger partial charge in [-0.05, 0) is 56.1 Å². The van der Waals surface area contributed by atoms with Gasteiger partial charge in [0.2, 0.25) is 5.91 Å². The first-order valence-electron chi connectivity index (χ1n) is 8.06. The lowest BCUT2D eigenvalue weighted by molar-refractivity contribution is -0.132. The van der Waals surface area contributed by atoms with Crippen molar-refractivity contribution in [1.82, 2.24) is 10.2 Å². The summed E-state index contributed by atoms with van der Waals surface area (Å²) in [5.41, 5.74) is 0. The van der Waals surface area contributed by atoms with Gasteiger partial charge >= 0.3 is 0 Å². The van der Waals surface area contributed by atoms with Gasteiger partial charge in [-0.1, -0.05) is 18.5 Å². The van der Waals surface area contributed by atoms with Gasteiger partial charge in [0.15, 0.2) is 0 Å². The first-order chi connectivity index (χ1) is 10.7. The summed E-state index contributed by atoms with van der Waals surface area (Å²) in [5, 5.41) is 4.15. The fourth-order valence-electron chi connectivity index (χ4n) is 2.68. The number of nitrogens with one attached hydrogen (secondary N) is 1. The molecular formula is C17H26Cl2N2OS. The van der Waals surface area contributed by atoms with Crippen molar-refractivity contribution in [1.29, 1.82) is 0 Å². The van der Waals surface area contributed by atoms with Gasteiger partial charge in [-0.15, -0.1) is 24.2 Å². The van der Waals surface area contributed by atoms with Crippen molar-refractivity contribution < 1.29 is 4.79 Å². The van der Waals surface area contributed by atoms with Crippen LogP contribution < -0.4 is 5.32 Å². The smallest absolute Gasteiger partial charge is 0.223 e. The van der Waals surface area contributed by atoms with Crippen LogP contribution in [0.15, 0.2) is 29.2 Å². The molecule has 6 heteroatoms. The van der Waals surface area contributed by atoms with Gasteiger partial charge in [-0.2, -0.15) is 0 Å². The number of nitrogens with zero attached hydrogens (tertiary/aromatic N) is 1. The highest BCUT2D eigenvalue weighted by Crippen LogP contribution is 2.22. The Kier molecular flexibility index (Phi) is 10.0. The van der Waals surface area contributed by atoms with E-state index in [1.165, 1.54) is 4.90 Å². The number of hydrogen-bond donors (Lipinski definition) is 1. The SMILES string of the molecule is CCNCC1CCN(C(=O)CCSc2ccc(Cl)cc2)CC1.Cl. The van der Waals surface area contributed by atoms with Gasteiger partial charge < -0.3 is 10.2 Å². The van der Waals surface area contributed by atoms with Crippen LogP contribution in [0.25, 0.3) is 0 Å². The molecule has 1 aliphatic rings. The molecule has 1 amide bonds. The van der Waals surface area contributed by atoms with Crippen molar-refractivity contribution in [3.05, 3.63) is 29.3 Å². The highest BCUT2D eigenvalue weighted by atomic mass is 35.5. The fraction of sp³-hybridized carbons (Fsp3) is 0.588. The fourth-order valence-corrected chi connectivity index (χ4v) is 3.65. The molecule has 3 nitrogen and oxygen atoms in total. The van der Waals surface area contributed by atoms with Gasteiger partial charge in [0.1, 0.15) is 0 Å². The monoisotopic (exact) mass is 376 g/mol. The van der Waals surface area contributed by atoms with Crippen LogP contribution >= 0.6 is 35.8 Å². The third-order valence-corrected chi connectivity index (χ3v) is 5.31. The summed E-state index contributed by atoms with van der Waals surface area (Å²) in [6.45, 7) is 6.09. The molecule has 1 aromatic carbocycles. The standard InChI is InChI=1S/C17H25ClN2OS.ClH/c1-2-19-13-14-7-10-20(11-8-14)17(21)9-12-22-16-5-3-15(18)4-6-16;/h3-6,14,19H,2,7-13H2,1H3;1H. The zero-order chi connectivity index (χ0) is 15.8. The van der Waals surface area contributed by atoms with Crippen molar-refractivity contribution in [2.24, 2.45) is 5.92 Å². The molecule has 1 heterocycles. The topological polar surface area (TPSA) is 32.3 Å². The second kappa shape index (κ2) is 11.2. The molecule has 130 valence electrons. The third-order valence-electron chi connectivity index (χ3n) is 4.05. The molecule has 2 rings (SSSR count). The van der Waals surface area contributed by atoms with Crippen molar-refractivity contribution in [2.75, 3.05) is 31.9 Å². The first-order valence-corrected chi connectivity index (χ1v) is 9.42. The van der Waals surface area contributed by atoms with Crippen LogP contribution in [0, 0.1) is 5.92 Å². The molecule has 23 heavy (non-hydrogen) atoms. The van der Waals surface area contributed by atoms with E-state index in [9.17, 15) is 4.79 Å². The van der Waals surface area contributed by atoms with Gasteiger partial charge in [0, 0.05) is 35.2 Å². The minimum absolute atomic E-state index is 0. The number of likely N-dealkylation sites (tertiary alicyclic amines) is 1. The number of thioether (sulfide) groups is 1. The summed E-state index contributed by atoms with van der Waals surface area (Å²) in [6, 6.07) is 7.79. The minimum atomic E-state index is 0. The molecule has 0 bridgehead atoms. The molecular weight excluding hydrogens is 351 g/mol. The van der Waals surface area contributed by atoms with Crippen LogP contribution in [0.1, 0.15) is 26.2 Å². The van der Waals surface area contributed by atoms with Crippen LogP contribution in [-0.4, -0.2) is 42.7 Å². The normalized spacial score (nSPS) is 15.3. The summed E-state index contributed by atoms with van der Waals surface area (Å²) in [4.78, 5) is 15.4. The van der Waals surface area contributed by atoms with E-state index in [2.05, 4.69) is 12.2 Å². The molecule has 0 unspecified atom stereocenters. The maximum Gasteiger partial charge on any atom is 0.223 e. The number of piperidine rings is 1. The summed E-state index contributed by atoms with van der Waals surface area (Å²) in [5.74, 6) is 1.86. The van der Waals surface area contributed by atoms with E-state index in [1.54, 1.807) is 11.8 Å². The van der Waals surface area contributed by atoms with E-state index in [1.807, 2.05) is 29.2 Å². The minimum Gasteiger partial charge on any atom is -0.343 e. The van der Waals surface area contributed by atoms with Crippen molar-refractivity contribution in [3.63, 3.8) is 0 Å². The average molecular weight is 377 g/mol. The molecule has 0 aromatic heterocycles. The third kappa shape index (κ3) is 7.34. The van der Waals surface area contributed by atoms with E-state index in [-0.39, 0.29) is 12.4 Å². The second-order valence-electron chi connectivity index (χ2n) is 5.68. The molecule has 0 atom stereocenters. The van der Waals surface area contributed by atoms with Crippen LogP contribution in [0.4, 0.5) is 0 Å². The number of carbonyl (C=O) groups excluding carboxylic acids is 1.